The first-order valence-electron chi connectivity index (χ1n) is 8.37. The minimum absolute atomic E-state index is 0.0637. The molecule has 3 rings (SSSR count). The second-order valence-corrected chi connectivity index (χ2v) is 6.36. The largest absolute Gasteiger partial charge is 0.384 e. The molecule has 25 heavy (non-hydrogen) atoms. The maximum atomic E-state index is 12.7. The van der Waals surface area contributed by atoms with Gasteiger partial charge in [0.05, 0.1) is 6.54 Å². The molecular weight excluding hydrogens is 320 g/mol. The van der Waals surface area contributed by atoms with Gasteiger partial charge in [-0.3, -0.25) is 24.0 Å². The standard InChI is InChI=1S/C18H22N4O3/c1-3-22-16(19)15(17(24)20-18(22)25)14(23)10-21(2)13-9-8-11-6-4-5-7-12(11)13/h4-7,13H,3,8-10,19H2,1-2H3,(H,20,24,25)/t13-/m0/s1. The smallest absolute Gasteiger partial charge is 0.329 e. The average Bonchev–Trinajstić information content (AvgIpc) is 2.98. The van der Waals surface area contributed by atoms with Crippen LogP contribution in [0.4, 0.5) is 5.82 Å². The zero-order chi connectivity index (χ0) is 18.1. The molecule has 0 radical (unpaired) electrons. The summed E-state index contributed by atoms with van der Waals surface area (Å²) in [6.07, 6.45) is 1.91. The Morgan fingerprint density at radius 3 is 2.80 bits per heavy atom. The van der Waals surface area contributed by atoms with Crippen LogP contribution in [0.25, 0.3) is 0 Å². The quantitative estimate of drug-likeness (QED) is 0.788. The van der Waals surface area contributed by atoms with Crippen molar-refractivity contribution in [1.29, 1.82) is 0 Å². The van der Waals surface area contributed by atoms with Gasteiger partial charge in [-0.05, 0) is 37.9 Å². The number of nitrogens with two attached hydrogens (primary N) is 1. The van der Waals surface area contributed by atoms with Crippen molar-refractivity contribution in [2.24, 2.45) is 0 Å². The van der Waals surface area contributed by atoms with Gasteiger partial charge in [0, 0.05) is 12.6 Å². The molecule has 1 aliphatic carbocycles. The number of aromatic amines is 1. The third-order valence-corrected chi connectivity index (χ3v) is 4.86. The average molecular weight is 342 g/mol. The topological polar surface area (TPSA) is 101 Å². The van der Waals surface area contributed by atoms with E-state index in [1.54, 1.807) is 6.92 Å². The van der Waals surface area contributed by atoms with E-state index < -0.39 is 11.2 Å². The molecule has 2 aromatic rings. The number of Topliss-reactive ketones (excluding diaryl/α,β-unsaturated/α-hetero) is 1. The Hall–Kier alpha value is -2.67. The van der Waals surface area contributed by atoms with Crippen molar-refractivity contribution in [3.05, 3.63) is 61.8 Å². The Morgan fingerprint density at radius 1 is 1.36 bits per heavy atom. The molecule has 0 fully saturated rings. The second-order valence-electron chi connectivity index (χ2n) is 6.36. The number of rotatable bonds is 5. The number of ketones is 1. The maximum Gasteiger partial charge on any atom is 0.329 e. The SMILES string of the molecule is CCn1c(N)c(C(=O)CN(C)[C@H]2CCc3ccccc32)c(=O)[nH]c1=O. The third kappa shape index (κ3) is 3.02. The summed E-state index contributed by atoms with van der Waals surface area (Å²) in [7, 11) is 1.87. The van der Waals surface area contributed by atoms with Gasteiger partial charge < -0.3 is 5.73 Å². The molecule has 7 heteroatoms. The van der Waals surface area contributed by atoms with Crippen molar-refractivity contribution in [1.82, 2.24) is 14.5 Å². The number of aryl methyl sites for hydroxylation is 1. The monoisotopic (exact) mass is 342 g/mol. The van der Waals surface area contributed by atoms with E-state index in [0.717, 1.165) is 12.8 Å². The summed E-state index contributed by atoms with van der Waals surface area (Å²) in [5.41, 5.74) is 6.96. The molecule has 1 aromatic heterocycles. The molecule has 7 nitrogen and oxygen atoms in total. The Bertz CT molecular complexity index is 929. The summed E-state index contributed by atoms with van der Waals surface area (Å²) in [5.74, 6) is -0.450. The summed E-state index contributed by atoms with van der Waals surface area (Å²) in [4.78, 5) is 40.6. The zero-order valence-electron chi connectivity index (χ0n) is 14.4. The van der Waals surface area contributed by atoms with Crippen molar-refractivity contribution in [3.8, 4) is 0 Å². The van der Waals surface area contributed by atoms with Crippen LogP contribution in [0.2, 0.25) is 0 Å². The lowest BCUT2D eigenvalue weighted by Crippen LogP contribution is -2.38. The van der Waals surface area contributed by atoms with Crippen molar-refractivity contribution in [2.45, 2.75) is 32.4 Å². The Kier molecular flexibility index (Phi) is 4.59. The van der Waals surface area contributed by atoms with Gasteiger partial charge in [0.25, 0.3) is 5.56 Å². The van der Waals surface area contributed by atoms with Crippen LogP contribution in [0.1, 0.15) is 40.9 Å². The molecule has 1 aliphatic rings. The van der Waals surface area contributed by atoms with Crippen molar-refractivity contribution < 1.29 is 4.79 Å². The van der Waals surface area contributed by atoms with Gasteiger partial charge in [-0.2, -0.15) is 0 Å². The number of nitrogens with zero attached hydrogens (tertiary/aromatic N) is 2. The molecule has 1 heterocycles. The molecule has 1 atom stereocenters. The first-order chi connectivity index (χ1) is 11.9. The normalized spacial score (nSPS) is 16.2. The second kappa shape index (κ2) is 6.68. The number of likely N-dealkylation sites (N-methyl/N-ethyl adjacent to an activating group) is 1. The van der Waals surface area contributed by atoms with E-state index in [0.29, 0.717) is 0 Å². The van der Waals surface area contributed by atoms with Crippen molar-refractivity contribution >= 4 is 11.6 Å². The van der Waals surface area contributed by atoms with Crippen LogP contribution in [-0.2, 0) is 13.0 Å². The molecule has 0 spiro atoms. The highest BCUT2D eigenvalue weighted by molar-refractivity contribution is 6.01. The summed E-state index contributed by atoms with van der Waals surface area (Å²) in [6, 6.07) is 8.32. The molecule has 0 bridgehead atoms. The Labute approximate surface area is 145 Å². The summed E-state index contributed by atoms with van der Waals surface area (Å²) in [6.45, 7) is 2.08. The summed E-state index contributed by atoms with van der Waals surface area (Å²) in [5, 5.41) is 0. The van der Waals surface area contributed by atoms with E-state index in [-0.39, 0.29) is 36.3 Å². The number of hydrogen-bond acceptors (Lipinski definition) is 5. The zero-order valence-corrected chi connectivity index (χ0v) is 14.4. The third-order valence-electron chi connectivity index (χ3n) is 4.86. The molecule has 0 unspecified atom stereocenters. The molecule has 0 saturated heterocycles. The summed E-state index contributed by atoms with van der Waals surface area (Å²) < 4.78 is 1.19. The highest BCUT2D eigenvalue weighted by Crippen LogP contribution is 2.34. The summed E-state index contributed by atoms with van der Waals surface area (Å²) >= 11 is 0. The molecule has 0 aliphatic heterocycles. The van der Waals surface area contributed by atoms with Gasteiger partial charge in [-0.25, -0.2) is 4.79 Å². The minimum atomic E-state index is -0.725. The lowest BCUT2D eigenvalue weighted by Gasteiger charge is -2.24. The van der Waals surface area contributed by atoms with Crippen molar-refractivity contribution in [2.75, 3.05) is 19.3 Å². The highest BCUT2D eigenvalue weighted by Gasteiger charge is 2.28. The van der Waals surface area contributed by atoms with E-state index >= 15 is 0 Å². The van der Waals surface area contributed by atoms with Crippen LogP contribution in [0.3, 0.4) is 0 Å². The number of aromatic nitrogens is 2. The van der Waals surface area contributed by atoms with Gasteiger partial charge >= 0.3 is 5.69 Å². The molecular formula is C18H22N4O3. The van der Waals surface area contributed by atoms with Crippen LogP contribution < -0.4 is 17.0 Å². The first-order valence-corrected chi connectivity index (χ1v) is 8.37. The predicted molar refractivity (Wildman–Crippen MR) is 95.9 cm³/mol. The van der Waals surface area contributed by atoms with E-state index in [1.165, 1.54) is 15.7 Å². The minimum Gasteiger partial charge on any atom is -0.384 e. The van der Waals surface area contributed by atoms with Gasteiger partial charge in [0.2, 0.25) is 0 Å². The van der Waals surface area contributed by atoms with Crippen LogP contribution in [0.5, 0.6) is 0 Å². The van der Waals surface area contributed by atoms with Crippen molar-refractivity contribution in [3.63, 3.8) is 0 Å². The number of hydrogen-bond donors (Lipinski definition) is 2. The van der Waals surface area contributed by atoms with Crippen LogP contribution in [-0.4, -0.2) is 33.8 Å². The van der Waals surface area contributed by atoms with Crippen LogP contribution >= 0.6 is 0 Å². The Morgan fingerprint density at radius 2 is 2.08 bits per heavy atom. The molecule has 0 saturated carbocycles. The fourth-order valence-electron chi connectivity index (χ4n) is 3.58. The van der Waals surface area contributed by atoms with Gasteiger partial charge in [-0.1, -0.05) is 24.3 Å². The van der Waals surface area contributed by atoms with E-state index in [9.17, 15) is 14.4 Å². The number of H-pyrrole nitrogens is 1. The number of nitrogen functional groups attached to an aromatic ring is 1. The van der Waals surface area contributed by atoms with E-state index in [1.807, 2.05) is 24.1 Å². The van der Waals surface area contributed by atoms with Gasteiger partial charge in [0.1, 0.15) is 11.4 Å². The number of benzene rings is 1. The van der Waals surface area contributed by atoms with E-state index in [2.05, 4.69) is 17.1 Å². The molecule has 3 N–H and O–H groups in total. The first kappa shape index (κ1) is 17.2. The number of anilines is 1. The fourth-order valence-corrected chi connectivity index (χ4v) is 3.58. The number of carbonyl (C=O) groups is 1. The van der Waals surface area contributed by atoms with Crippen LogP contribution in [0, 0.1) is 0 Å². The van der Waals surface area contributed by atoms with Gasteiger partial charge in [0.15, 0.2) is 5.78 Å². The maximum absolute atomic E-state index is 12.7. The fraction of sp³-hybridized carbons (Fsp3) is 0.389. The lowest BCUT2D eigenvalue weighted by atomic mass is 10.1. The van der Waals surface area contributed by atoms with E-state index in [4.69, 9.17) is 5.73 Å². The van der Waals surface area contributed by atoms with Crippen LogP contribution in [0.15, 0.2) is 33.9 Å². The lowest BCUT2D eigenvalue weighted by molar-refractivity contribution is 0.0918. The van der Waals surface area contributed by atoms with Gasteiger partial charge in [-0.15, -0.1) is 0 Å². The number of fused-ring (bicyclic) bond motifs is 1. The predicted octanol–water partition coefficient (Wildman–Crippen LogP) is 0.941. The molecule has 132 valence electrons. The number of nitrogens with one attached hydrogen (secondary N) is 1. The molecule has 0 amide bonds. The highest BCUT2D eigenvalue weighted by atomic mass is 16.2. The number of carbonyl (C=O) groups excluding carboxylic acids is 1. The molecule has 1 aromatic carbocycles. The Balaban J connectivity index is 1.86.